The van der Waals surface area contributed by atoms with Crippen LogP contribution >= 0.6 is 0 Å². The van der Waals surface area contributed by atoms with Gasteiger partial charge in [-0.1, -0.05) is 6.07 Å². The maximum atomic E-state index is 13.4. The van der Waals surface area contributed by atoms with Crippen LogP contribution in [-0.4, -0.2) is 24.3 Å². The number of benzene rings is 2. The summed E-state index contributed by atoms with van der Waals surface area (Å²) in [7, 11) is 0. The van der Waals surface area contributed by atoms with Gasteiger partial charge in [-0.15, -0.1) is 0 Å². The maximum absolute atomic E-state index is 13.4. The molecule has 0 aliphatic carbocycles. The van der Waals surface area contributed by atoms with Crippen molar-refractivity contribution in [1.29, 1.82) is 0 Å². The Morgan fingerprint density at radius 2 is 1.67 bits per heavy atom. The van der Waals surface area contributed by atoms with Gasteiger partial charge in [0.25, 0.3) is 0 Å². The monoisotopic (exact) mass is 294 g/mol. The van der Waals surface area contributed by atoms with Crippen LogP contribution in [0.1, 0.15) is 10.4 Å². The third-order valence-corrected chi connectivity index (χ3v) is 2.61. The van der Waals surface area contributed by atoms with Crippen LogP contribution in [0.5, 0.6) is 11.5 Å². The molecule has 1 N–H and O–H groups in total. The fourth-order valence-corrected chi connectivity index (χ4v) is 1.67. The molecule has 2 rings (SSSR count). The summed E-state index contributed by atoms with van der Waals surface area (Å²) in [6, 6.07) is 9.20. The van der Waals surface area contributed by atoms with Crippen LogP contribution in [0.25, 0.3) is 0 Å². The number of carboxylic acid groups (broad SMARTS) is 1. The fraction of sp³-hybridized carbons (Fsp3) is 0.133. The molecular weight excluding hydrogens is 282 g/mol. The Balaban J connectivity index is 1.90. The predicted octanol–water partition coefficient (Wildman–Crippen LogP) is 3.12. The summed E-state index contributed by atoms with van der Waals surface area (Å²) in [6.45, 7) is 0.141. The van der Waals surface area contributed by atoms with Crippen molar-refractivity contribution in [1.82, 2.24) is 0 Å². The lowest BCUT2D eigenvalue weighted by Crippen LogP contribution is -2.12. The van der Waals surface area contributed by atoms with Crippen molar-refractivity contribution in [2.24, 2.45) is 0 Å². The highest BCUT2D eigenvalue weighted by atomic mass is 19.1. The van der Waals surface area contributed by atoms with Gasteiger partial charge >= 0.3 is 5.97 Å². The van der Waals surface area contributed by atoms with E-state index in [1.807, 2.05) is 0 Å². The Morgan fingerprint density at radius 1 is 1.00 bits per heavy atom. The largest absolute Gasteiger partial charge is 0.490 e. The third kappa shape index (κ3) is 3.92. The summed E-state index contributed by atoms with van der Waals surface area (Å²) in [5, 5.41) is 8.92. The second kappa shape index (κ2) is 6.69. The van der Waals surface area contributed by atoms with E-state index in [1.165, 1.54) is 36.4 Å². The molecule has 0 amide bonds. The Kier molecular flexibility index (Phi) is 4.71. The molecule has 0 atom stereocenters. The number of carbonyl (C=O) groups is 1. The SMILES string of the molecule is O=C(O)c1c(F)cccc1OCCOc1ccc(F)cc1. The van der Waals surface area contributed by atoms with Gasteiger partial charge < -0.3 is 14.6 Å². The summed E-state index contributed by atoms with van der Waals surface area (Å²) in [6.07, 6.45) is 0. The number of carboxylic acids is 1. The zero-order valence-electron chi connectivity index (χ0n) is 10.9. The van der Waals surface area contributed by atoms with Crippen LogP contribution in [0, 0.1) is 11.6 Å². The molecule has 4 nitrogen and oxygen atoms in total. The zero-order chi connectivity index (χ0) is 15.2. The van der Waals surface area contributed by atoms with E-state index in [-0.39, 0.29) is 24.8 Å². The van der Waals surface area contributed by atoms with Crippen molar-refractivity contribution in [2.45, 2.75) is 0 Å². The van der Waals surface area contributed by atoms with E-state index < -0.39 is 17.3 Å². The Hall–Kier alpha value is -2.63. The quantitative estimate of drug-likeness (QED) is 0.832. The number of aromatic carboxylic acids is 1. The first-order valence-electron chi connectivity index (χ1n) is 6.11. The minimum absolute atomic E-state index is 0.0289. The molecule has 21 heavy (non-hydrogen) atoms. The zero-order valence-corrected chi connectivity index (χ0v) is 10.9. The standard InChI is InChI=1S/C15H12F2O4/c16-10-4-6-11(7-5-10)20-8-9-21-13-3-1-2-12(17)14(13)15(18)19/h1-7H,8-9H2,(H,18,19). The lowest BCUT2D eigenvalue weighted by Gasteiger charge is -2.10. The number of halogens is 2. The molecule has 0 fully saturated rings. The van der Waals surface area contributed by atoms with Crippen molar-refractivity contribution in [3.63, 3.8) is 0 Å². The first-order chi connectivity index (χ1) is 10.1. The molecule has 6 heteroatoms. The average Bonchev–Trinajstić information content (AvgIpc) is 2.45. The minimum Gasteiger partial charge on any atom is -0.490 e. The van der Waals surface area contributed by atoms with Gasteiger partial charge in [-0.2, -0.15) is 0 Å². The molecule has 0 heterocycles. The van der Waals surface area contributed by atoms with Gasteiger partial charge in [-0.25, -0.2) is 13.6 Å². The second-order valence-corrected chi connectivity index (χ2v) is 4.07. The van der Waals surface area contributed by atoms with E-state index >= 15 is 0 Å². The highest BCUT2D eigenvalue weighted by molar-refractivity contribution is 5.91. The molecule has 0 aliphatic heterocycles. The summed E-state index contributed by atoms with van der Waals surface area (Å²) < 4.78 is 36.6. The van der Waals surface area contributed by atoms with Crippen molar-refractivity contribution < 1.29 is 28.2 Å². The Labute approximate surface area is 119 Å². The molecule has 2 aromatic rings. The maximum Gasteiger partial charge on any atom is 0.342 e. The van der Waals surface area contributed by atoms with Crippen LogP contribution in [-0.2, 0) is 0 Å². The van der Waals surface area contributed by atoms with Crippen LogP contribution in [0.3, 0.4) is 0 Å². The van der Waals surface area contributed by atoms with Gasteiger partial charge in [0.1, 0.15) is 41.9 Å². The molecule has 0 spiro atoms. The topological polar surface area (TPSA) is 55.8 Å². The van der Waals surface area contributed by atoms with E-state index in [0.29, 0.717) is 5.75 Å². The molecule has 0 radical (unpaired) electrons. The third-order valence-electron chi connectivity index (χ3n) is 2.61. The lowest BCUT2D eigenvalue weighted by molar-refractivity contribution is 0.0685. The molecule has 110 valence electrons. The smallest absolute Gasteiger partial charge is 0.342 e. The van der Waals surface area contributed by atoms with Crippen molar-refractivity contribution in [3.05, 3.63) is 59.7 Å². The van der Waals surface area contributed by atoms with Crippen molar-refractivity contribution >= 4 is 5.97 Å². The fourth-order valence-electron chi connectivity index (χ4n) is 1.67. The predicted molar refractivity (Wildman–Crippen MR) is 70.7 cm³/mol. The molecule has 0 saturated heterocycles. The molecule has 2 aromatic carbocycles. The van der Waals surface area contributed by atoms with E-state index in [2.05, 4.69) is 0 Å². The van der Waals surface area contributed by atoms with Crippen LogP contribution in [0.15, 0.2) is 42.5 Å². The average molecular weight is 294 g/mol. The second-order valence-electron chi connectivity index (χ2n) is 4.07. The van der Waals surface area contributed by atoms with Gasteiger partial charge in [0.15, 0.2) is 0 Å². The highest BCUT2D eigenvalue weighted by Gasteiger charge is 2.16. The van der Waals surface area contributed by atoms with Crippen molar-refractivity contribution in [3.8, 4) is 11.5 Å². The molecule has 0 saturated carbocycles. The summed E-state index contributed by atoms with van der Waals surface area (Å²) in [5.41, 5.74) is -0.515. The molecular formula is C15H12F2O4. The van der Waals surface area contributed by atoms with Crippen LogP contribution in [0.4, 0.5) is 8.78 Å². The number of hydrogen-bond donors (Lipinski definition) is 1. The number of ether oxygens (including phenoxy) is 2. The van der Waals surface area contributed by atoms with Gasteiger partial charge in [0, 0.05) is 0 Å². The van der Waals surface area contributed by atoms with E-state index in [0.717, 1.165) is 6.07 Å². The molecule has 0 aliphatic rings. The molecule has 0 bridgehead atoms. The molecule has 0 aromatic heterocycles. The van der Waals surface area contributed by atoms with E-state index in [4.69, 9.17) is 14.6 Å². The Bertz CT molecular complexity index is 626. The number of hydrogen-bond acceptors (Lipinski definition) is 3. The summed E-state index contributed by atoms with van der Waals surface area (Å²) in [5.74, 6) is -2.24. The lowest BCUT2D eigenvalue weighted by atomic mass is 10.2. The van der Waals surface area contributed by atoms with Crippen LogP contribution in [0.2, 0.25) is 0 Å². The number of rotatable bonds is 6. The van der Waals surface area contributed by atoms with Gasteiger partial charge in [0.05, 0.1) is 0 Å². The van der Waals surface area contributed by atoms with Gasteiger partial charge in [-0.05, 0) is 36.4 Å². The van der Waals surface area contributed by atoms with E-state index in [1.54, 1.807) is 0 Å². The van der Waals surface area contributed by atoms with E-state index in [9.17, 15) is 13.6 Å². The Morgan fingerprint density at radius 3 is 2.33 bits per heavy atom. The molecule has 0 unspecified atom stereocenters. The first kappa shape index (κ1) is 14.8. The van der Waals surface area contributed by atoms with Gasteiger partial charge in [0.2, 0.25) is 0 Å². The minimum atomic E-state index is -1.40. The van der Waals surface area contributed by atoms with Crippen molar-refractivity contribution in [2.75, 3.05) is 13.2 Å². The first-order valence-corrected chi connectivity index (χ1v) is 6.11. The van der Waals surface area contributed by atoms with Gasteiger partial charge in [-0.3, -0.25) is 0 Å². The summed E-state index contributed by atoms with van der Waals surface area (Å²) in [4.78, 5) is 10.9. The normalized spacial score (nSPS) is 10.2. The van der Waals surface area contributed by atoms with Crippen LogP contribution < -0.4 is 9.47 Å². The summed E-state index contributed by atoms with van der Waals surface area (Å²) >= 11 is 0. The highest BCUT2D eigenvalue weighted by Crippen LogP contribution is 2.21.